The van der Waals surface area contributed by atoms with Gasteiger partial charge in [0.1, 0.15) is 0 Å². The van der Waals surface area contributed by atoms with Crippen LogP contribution in [0.2, 0.25) is 0 Å². The van der Waals surface area contributed by atoms with Gasteiger partial charge in [-0.1, -0.05) is 36.1 Å². The molecule has 4 heteroatoms. The second kappa shape index (κ2) is 7.20. The van der Waals surface area contributed by atoms with E-state index >= 15 is 0 Å². The summed E-state index contributed by atoms with van der Waals surface area (Å²) in [7, 11) is 2.03. The highest BCUT2D eigenvalue weighted by molar-refractivity contribution is 6.75. The summed E-state index contributed by atoms with van der Waals surface area (Å²) in [4.78, 5) is 0. The lowest BCUT2D eigenvalue weighted by Gasteiger charge is -2.24. The third-order valence-electron chi connectivity index (χ3n) is 3.11. The minimum Gasteiger partial charge on any atom is -0.373 e. The first-order valence-corrected chi connectivity index (χ1v) is 8.20. The van der Waals surface area contributed by atoms with Gasteiger partial charge in [0.05, 0.1) is 0 Å². The van der Waals surface area contributed by atoms with E-state index in [0.29, 0.717) is 0 Å². The predicted octanol–water partition coefficient (Wildman–Crippen LogP) is 1.97. The van der Waals surface area contributed by atoms with Crippen molar-refractivity contribution in [3.05, 3.63) is 65.7 Å². The standard InChI is InChI=1S/C17H17O3Si/c1-18-21(19-2,20-3)17-13-11-16(12-14-17)10-9-15-7-5-4-6-8-15/h5-8,11-14H,1-3H3. The third kappa shape index (κ3) is 3.60. The fourth-order valence-electron chi connectivity index (χ4n) is 1.98. The fraction of sp³-hybridized carbons (Fsp3) is 0.176. The summed E-state index contributed by atoms with van der Waals surface area (Å²) in [6, 6.07) is 18.3. The zero-order valence-corrected chi connectivity index (χ0v) is 13.3. The van der Waals surface area contributed by atoms with Crippen LogP contribution in [0.15, 0.2) is 48.5 Å². The first-order valence-electron chi connectivity index (χ1n) is 6.48. The Kier molecular flexibility index (Phi) is 5.31. The van der Waals surface area contributed by atoms with Crippen LogP contribution in [0.1, 0.15) is 11.1 Å². The summed E-state index contributed by atoms with van der Waals surface area (Å²) in [5, 5.41) is 0.912. The van der Waals surface area contributed by atoms with Crippen LogP contribution in [-0.4, -0.2) is 30.1 Å². The Morgan fingerprint density at radius 2 is 1.24 bits per heavy atom. The Balaban J connectivity index is 2.22. The van der Waals surface area contributed by atoms with Gasteiger partial charge in [0, 0.05) is 37.6 Å². The summed E-state index contributed by atoms with van der Waals surface area (Å²) >= 11 is 0. The van der Waals surface area contributed by atoms with Gasteiger partial charge in [-0.2, -0.15) is 0 Å². The van der Waals surface area contributed by atoms with Gasteiger partial charge >= 0.3 is 8.80 Å². The molecule has 0 heterocycles. The monoisotopic (exact) mass is 297 g/mol. The topological polar surface area (TPSA) is 27.7 Å². The molecular weight excluding hydrogens is 280 g/mol. The van der Waals surface area contributed by atoms with Gasteiger partial charge in [0.15, 0.2) is 0 Å². The van der Waals surface area contributed by atoms with Crippen LogP contribution >= 0.6 is 0 Å². The zero-order valence-electron chi connectivity index (χ0n) is 12.3. The SMILES string of the molecule is CO[Si](OC)(OC)c1ccc(C#Cc2cc[c]cc2)cc1. The van der Waals surface area contributed by atoms with Crippen LogP contribution in [0.25, 0.3) is 0 Å². The van der Waals surface area contributed by atoms with E-state index in [9.17, 15) is 0 Å². The Morgan fingerprint density at radius 1 is 0.762 bits per heavy atom. The molecule has 0 aromatic heterocycles. The van der Waals surface area contributed by atoms with Gasteiger partial charge < -0.3 is 13.3 Å². The largest absolute Gasteiger partial charge is 0.536 e. The molecule has 1 radical (unpaired) electrons. The highest BCUT2D eigenvalue weighted by atomic mass is 28.4. The van der Waals surface area contributed by atoms with Gasteiger partial charge in [0.2, 0.25) is 0 Å². The maximum Gasteiger partial charge on any atom is 0.536 e. The summed E-state index contributed by atoms with van der Waals surface area (Å²) in [6.07, 6.45) is 0. The number of hydrogen-bond acceptors (Lipinski definition) is 3. The van der Waals surface area contributed by atoms with E-state index < -0.39 is 8.80 Å². The molecule has 0 saturated heterocycles. The normalized spacial score (nSPS) is 10.8. The van der Waals surface area contributed by atoms with Crippen molar-refractivity contribution in [2.45, 2.75) is 0 Å². The van der Waals surface area contributed by atoms with Crippen molar-refractivity contribution in [2.24, 2.45) is 0 Å². The molecule has 2 aromatic carbocycles. The predicted molar refractivity (Wildman–Crippen MR) is 84.1 cm³/mol. The molecule has 0 aliphatic carbocycles. The van der Waals surface area contributed by atoms with E-state index in [-0.39, 0.29) is 0 Å². The second-order valence-electron chi connectivity index (χ2n) is 4.28. The van der Waals surface area contributed by atoms with Crippen LogP contribution in [0, 0.1) is 17.9 Å². The van der Waals surface area contributed by atoms with Crippen LogP contribution in [0.3, 0.4) is 0 Å². The zero-order chi connectivity index (χ0) is 15.1. The maximum atomic E-state index is 5.45. The number of rotatable bonds is 4. The Hall–Kier alpha value is -1.90. The third-order valence-corrected chi connectivity index (χ3v) is 5.77. The van der Waals surface area contributed by atoms with Crippen molar-refractivity contribution in [2.75, 3.05) is 21.3 Å². The summed E-state index contributed by atoms with van der Waals surface area (Å²) in [5.74, 6) is 6.23. The Labute approximate surface area is 126 Å². The molecule has 0 saturated carbocycles. The first-order chi connectivity index (χ1) is 10.2. The average molecular weight is 297 g/mol. The molecule has 0 unspecified atom stereocenters. The molecule has 3 nitrogen and oxygen atoms in total. The molecule has 0 N–H and O–H groups in total. The highest BCUT2D eigenvalue weighted by Crippen LogP contribution is 2.08. The van der Waals surface area contributed by atoms with Crippen LogP contribution in [0.4, 0.5) is 0 Å². The molecule has 21 heavy (non-hydrogen) atoms. The molecule has 2 rings (SSSR count). The summed E-state index contributed by atoms with van der Waals surface area (Å²) in [6.45, 7) is 0. The van der Waals surface area contributed by atoms with Gasteiger partial charge in [-0.25, -0.2) is 0 Å². The fourth-order valence-corrected chi connectivity index (χ4v) is 3.76. The van der Waals surface area contributed by atoms with E-state index in [1.807, 2.05) is 48.5 Å². The van der Waals surface area contributed by atoms with Crippen molar-refractivity contribution < 1.29 is 13.3 Å². The molecular formula is C17H17O3Si. The van der Waals surface area contributed by atoms with Crippen LogP contribution in [-0.2, 0) is 13.3 Å². The summed E-state index contributed by atoms with van der Waals surface area (Å²) in [5.41, 5.74) is 1.89. The van der Waals surface area contributed by atoms with Crippen molar-refractivity contribution >= 4 is 14.0 Å². The minimum absolute atomic E-state index is 0.912. The van der Waals surface area contributed by atoms with Gasteiger partial charge in [-0.15, -0.1) is 0 Å². The lowest BCUT2D eigenvalue weighted by molar-refractivity contribution is 0.140. The molecule has 0 bridgehead atoms. The molecule has 0 aliphatic heterocycles. The van der Waals surface area contributed by atoms with E-state index in [4.69, 9.17) is 13.3 Å². The van der Waals surface area contributed by atoms with Gasteiger partial charge in [0.25, 0.3) is 0 Å². The smallest absolute Gasteiger partial charge is 0.373 e. The highest BCUT2D eigenvalue weighted by Gasteiger charge is 2.40. The Bertz CT molecular complexity index is 614. The molecule has 0 amide bonds. The van der Waals surface area contributed by atoms with Crippen LogP contribution in [0.5, 0.6) is 0 Å². The molecule has 0 spiro atoms. The van der Waals surface area contributed by atoms with Crippen LogP contribution < -0.4 is 5.19 Å². The van der Waals surface area contributed by atoms with Crippen molar-refractivity contribution in [3.63, 3.8) is 0 Å². The molecule has 0 aliphatic rings. The van der Waals surface area contributed by atoms with E-state index in [1.165, 1.54) is 0 Å². The van der Waals surface area contributed by atoms with Gasteiger partial charge in [-0.05, 0) is 30.3 Å². The second-order valence-corrected chi connectivity index (χ2v) is 7.20. The lowest BCUT2D eigenvalue weighted by Crippen LogP contribution is -2.54. The average Bonchev–Trinajstić information content (AvgIpc) is 2.57. The van der Waals surface area contributed by atoms with E-state index in [0.717, 1.165) is 16.3 Å². The van der Waals surface area contributed by atoms with Crippen molar-refractivity contribution in [1.82, 2.24) is 0 Å². The molecule has 107 valence electrons. The lowest BCUT2D eigenvalue weighted by atomic mass is 10.2. The number of benzene rings is 2. The van der Waals surface area contributed by atoms with E-state index in [1.54, 1.807) is 21.3 Å². The minimum atomic E-state index is -2.76. The molecule has 0 fully saturated rings. The van der Waals surface area contributed by atoms with Gasteiger partial charge in [-0.3, -0.25) is 0 Å². The van der Waals surface area contributed by atoms with E-state index in [2.05, 4.69) is 17.9 Å². The Morgan fingerprint density at radius 3 is 1.71 bits per heavy atom. The molecule has 0 atom stereocenters. The maximum absolute atomic E-state index is 5.45. The number of hydrogen-bond donors (Lipinski definition) is 0. The first kappa shape index (κ1) is 15.5. The molecule has 2 aromatic rings. The van der Waals surface area contributed by atoms with Crippen molar-refractivity contribution in [3.8, 4) is 11.8 Å². The van der Waals surface area contributed by atoms with Crippen molar-refractivity contribution in [1.29, 1.82) is 0 Å². The quantitative estimate of drug-likeness (QED) is 0.638. The summed E-state index contributed by atoms with van der Waals surface area (Å²) < 4.78 is 16.3.